The van der Waals surface area contributed by atoms with Crippen molar-refractivity contribution in [1.82, 2.24) is 9.46 Å². The molecule has 1 aromatic heterocycles. The minimum atomic E-state index is -4.11. The van der Waals surface area contributed by atoms with E-state index in [9.17, 15) is 26.4 Å². The van der Waals surface area contributed by atoms with Gasteiger partial charge >= 0.3 is 0 Å². The van der Waals surface area contributed by atoms with Crippen molar-refractivity contribution >= 4 is 21.6 Å². The van der Waals surface area contributed by atoms with Crippen LogP contribution < -0.4 is 5.32 Å². The number of aromatic nitrogens is 1. The quantitative estimate of drug-likeness (QED) is 0.715. The number of rotatable bonds is 7. The predicted octanol–water partition coefficient (Wildman–Crippen LogP) is 2.75. The monoisotopic (exact) mass is 405 g/mol. The molecule has 0 aliphatic rings. The number of carbonyl (C=O) groups is 1. The molecule has 0 aliphatic carbocycles. The lowest BCUT2D eigenvalue weighted by molar-refractivity contribution is -0.116. The third-order valence-corrected chi connectivity index (χ3v) is 5.76. The Labute approximate surface area is 154 Å². The Morgan fingerprint density at radius 2 is 1.89 bits per heavy atom. The van der Waals surface area contributed by atoms with Crippen LogP contribution in [0.1, 0.15) is 24.8 Å². The second kappa shape index (κ2) is 8.09. The van der Waals surface area contributed by atoms with Crippen molar-refractivity contribution in [3.8, 4) is 0 Å². The van der Waals surface area contributed by atoms with Crippen molar-refractivity contribution in [1.29, 1.82) is 0 Å². The number of anilines is 1. The number of nitrogens with one attached hydrogen (secondary N) is 1. The lowest BCUT2D eigenvalue weighted by Gasteiger charge is -2.21. The Kier molecular flexibility index (Phi) is 6.26. The van der Waals surface area contributed by atoms with Gasteiger partial charge in [0.2, 0.25) is 15.9 Å². The van der Waals surface area contributed by atoms with Crippen molar-refractivity contribution in [2.75, 3.05) is 18.4 Å². The van der Waals surface area contributed by atoms with Gasteiger partial charge in [-0.1, -0.05) is 12.1 Å². The van der Waals surface area contributed by atoms with Gasteiger partial charge in [0, 0.05) is 6.54 Å². The van der Waals surface area contributed by atoms with Crippen molar-refractivity contribution < 1.29 is 30.9 Å². The van der Waals surface area contributed by atoms with Crippen LogP contribution in [0.25, 0.3) is 0 Å². The van der Waals surface area contributed by atoms with Crippen LogP contribution in [0.4, 0.5) is 18.9 Å². The van der Waals surface area contributed by atoms with E-state index >= 15 is 0 Å². The molecule has 148 valence electrons. The first-order valence-electron chi connectivity index (χ1n) is 7.96. The Bertz CT molecular complexity index is 941. The summed E-state index contributed by atoms with van der Waals surface area (Å²) in [6.07, 6.45) is 0.398. The Morgan fingerprint density at radius 1 is 1.22 bits per heavy atom. The topological polar surface area (TPSA) is 92.5 Å². The van der Waals surface area contributed by atoms with Crippen LogP contribution in [0.5, 0.6) is 0 Å². The van der Waals surface area contributed by atoms with Crippen LogP contribution in [-0.2, 0) is 14.8 Å². The van der Waals surface area contributed by atoms with Gasteiger partial charge in [-0.05, 0) is 32.4 Å². The summed E-state index contributed by atoms with van der Waals surface area (Å²) in [5.74, 6) is -5.55. The standard InChI is InChI=1S/C16H18F3N3O4S/c1-4-7-22(27(24,25)16-9(2)21-26-10(16)3)8-13(23)20-12-6-5-11(17)14(18)15(12)19/h5-6H,4,7-8H2,1-3H3,(H,20,23). The van der Waals surface area contributed by atoms with Gasteiger partial charge < -0.3 is 9.84 Å². The van der Waals surface area contributed by atoms with E-state index in [1.54, 1.807) is 6.92 Å². The molecule has 0 bridgehead atoms. The molecule has 1 N–H and O–H groups in total. The minimum absolute atomic E-state index is 0.0000738. The van der Waals surface area contributed by atoms with E-state index in [2.05, 4.69) is 5.16 Å². The molecule has 1 amide bonds. The first-order valence-corrected chi connectivity index (χ1v) is 9.40. The fraction of sp³-hybridized carbons (Fsp3) is 0.375. The molecule has 0 atom stereocenters. The summed E-state index contributed by atoms with van der Waals surface area (Å²) in [5.41, 5.74) is -0.453. The van der Waals surface area contributed by atoms with Crippen molar-refractivity contribution in [2.24, 2.45) is 0 Å². The smallest absolute Gasteiger partial charge is 0.248 e. The van der Waals surface area contributed by atoms with Gasteiger partial charge in [-0.3, -0.25) is 4.79 Å². The first kappa shape index (κ1) is 20.9. The van der Waals surface area contributed by atoms with Gasteiger partial charge in [0.15, 0.2) is 23.2 Å². The number of hydrogen-bond donors (Lipinski definition) is 1. The highest BCUT2D eigenvalue weighted by Crippen LogP contribution is 2.24. The second-order valence-electron chi connectivity index (χ2n) is 5.76. The summed E-state index contributed by atoms with van der Waals surface area (Å²) in [7, 11) is -4.11. The summed E-state index contributed by atoms with van der Waals surface area (Å²) in [6, 6.07) is 1.50. The molecular weight excluding hydrogens is 387 g/mol. The highest BCUT2D eigenvalue weighted by molar-refractivity contribution is 7.89. The normalized spacial score (nSPS) is 11.8. The zero-order valence-corrected chi connectivity index (χ0v) is 15.7. The molecule has 0 radical (unpaired) electrons. The molecule has 11 heteroatoms. The molecule has 0 aliphatic heterocycles. The maximum absolute atomic E-state index is 13.7. The number of nitrogens with zero attached hydrogens (tertiary/aromatic N) is 2. The van der Waals surface area contributed by atoms with E-state index in [0.29, 0.717) is 12.5 Å². The number of sulfonamides is 1. The minimum Gasteiger partial charge on any atom is -0.360 e. The lowest BCUT2D eigenvalue weighted by atomic mass is 10.2. The number of amides is 1. The van der Waals surface area contributed by atoms with Crippen molar-refractivity contribution in [3.05, 3.63) is 41.0 Å². The molecule has 0 unspecified atom stereocenters. The van der Waals surface area contributed by atoms with Crippen LogP contribution in [0, 0.1) is 31.3 Å². The number of halogens is 3. The Morgan fingerprint density at radius 3 is 2.44 bits per heavy atom. The molecule has 27 heavy (non-hydrogen) atoms. The molecule has 0 saturated heterocycles. The molecular formula is C16H18F3N3O4S. The van der Waals surface area contributed by atoms with Gasteiger partial charge in [-0.2, -0.15) is 4.31 Å². The average Bonchev–Trinajstić information content (AvgIpc) is 2.94. The van der Waals surface area contributed by atoms with Crippen LogP contribution in [0.15, 0.2) is 21.6 Å². The average molecular weight is 405 g/mol. The van der Waals surface area contributed by atoms with E-state index in [0.717, 1.165) is 10.4 Å². The first-order chi connectivity index (χ1) is 12.6. The summed E-state index contributed by atoms with van der Waals surface area (Å²) in [5, 5.41) is 5.64. The van der Waals surface area contributed by atoms with Gasteiger partial charge in [-0.15, -0.1) is 0 Å². The molecule has 0 fully saturated rings. The molecule has 1 aromatic carbocycles. The van der Waals surface area contributed by atoms with Crippen LogP contribution in [0.3, 0.4) is 0 Å². The Hall–Kier alpha value is -2.40. The van der Waals surface area contributed by atoms with Crippen LogP contribution in [-0.4, -0.2) is 36.9 Å². The van der Waals surface area contributed by atoms with Gasteiger partial charge in [-0.25, -0.2) is 21.6 Å². The molecule has 7 nitrogen and oxygen atoms in total. The third kappa shape index (κ3) is 4.30. The summed E-state index contributed by atoms with van der Waals surface area (Å²) >= 11 is 0. The van der Waals surface area contributed by atoms with Gasteiger partial charge in [0.1, 0.15) is 10.6 Å². The van der Waals surface area contributed by atoms with Crippen molar-refractivity contribution in [2.45, 2.75) is 32.1 Å². The van der Waals surface area contributed by atoms with Crippen LogP contribution in [0.2, 0.25) is 0 Å². The maximum atomic E-state index is 13.7. The van der Waals surface area contributed by atoms with Crippen LogP contribution >= 0.6 is 0 Å². The molecule has 0 spiro atoms. The van der Waals surface area contributed by atoms with E-state index in [4.69, 9.17) is 4.52 Å². The van der Waals surface area contributed by atoms with E-state index in [1.165, 1.54) is 13.8 Å². The van der Waals surface area contributed by atoms with Gasteiger partial charge in [0.05, 0.1) is 12.2 Å². The second-order valence-corrected chi connectivity index (χ2v) is 7.64. The van der Waals surface area contributed by atoms with Gasteiger partial charge in [0.25, 0.3) is 0 Å². The van der Waals surface area contributed by atoms with E-state index in [1.807, 2.05) is 5.32 Å². The summed E-state index contributed by atoms with van der Waals surface area (Å²) < 4.78 is 71.4. The molecule has 1 heterocycles. The number of carbonyl (C=O) groups excluding carboxylic acids is 1. The third-order valence-electron chi connectivity index (χ3n) is 3.67. The maximum Gasteiger partial charge on any atom is 0.248 e. The Balaban J connectivity index is 2.26. The summed E-state index contributed by atoms with van der Waals surface area (Å²) in [4.78, 5) is 12.0. The van der Waals surface area contributed by atoms with E-state index < -0.39 is 45.6 Å². The fourth-order valence-corrected chi connectivity index (χ4v) is 4.26. The van der Waals surface area contributed by atoms with E-state index in [-0.39, 0.29) is 22.9 Å². The zero-order valence-electron chi connectivity index (χ0n) is 14.8. The highest BCUT2D eigenvalue weighted by Gasteiger charge is 2.32. The lowest BCUT2D eigenvalue weighted by Crippen LogP contribution is -2.39. The number of hydrogen-bond acceptors (Lipinski definition) is 5. The number of aryl methyl sites for hydroxylation is 2. The highest BCUT2D eigenvalue weighted by atomic mass is 32.2. The largest absolute Gasteiger partial charge is 0.360 e. The zero-order chi connectivity index (χ0) is 20.4. The summed E-state index contributed by atoms with van der Waals surface area (Å²) in [6.45, 7) is 3.93. The predicted molar refractivity (Wildman–Crippen MR) is 90.0 cm³/mol. The molecule has 2 aromatic rings. The SMILES string of the molecule is CCCN(CC(=O)Nc1ccc(F)c(F)c1F)S(=O)(=O)c1c(C)noc1C. The number of benzene rings is 1. The molecule has 0 saturated carbocycles. The molecule has 2 rings (SSSR count). The van der Waals surface area contributed by atoms with Crippen molar-refractivity contribution in [3.63, 3.8) is 0 Å². The fourth-order valence-electron chi connectivity index (χ4n) is 2.48.